The van der Waals surface area contributed by atoms with Gasteiger partial charge in [0.15, 0.2) is 0 Å². The average Bonchev–Trinajstić information content (AvgIpc) is 3.72. The molecular weight excluding hydrogens is 718 g/mol. The van der Waals surface area contributed by atoms with Gasteiger partial charge in [-0.15, -0.1) is 10.2 Å². The molecule has 14 nitrogen and oxygen atoms in total. The number of aromatic amines is 1. The van der Waals surface area contributed by atoms with Crippen molar-refractivity contribution in [2.75, 3.05) is 26.0 Å². The normalized spacial score (nSPS) is 20.2. The molecule has 56 heavy (non-hydrogen) atoms. The van der Waals surface area contributed by atoms with Crippen LogP contribution in [0, 0.1) is 24.6 Å². The first-order valence-electron chi connectivity index (χ1n) is 19.2. The quantitative estimate of drug-likeness (QED) is 0.104. The zero-order chi connectivity index (χ0) is 39.8. The van der Waals surface area contributed by atoms with E-state index in [4.69, 9.17) is 5.11 Å². The van der Waals surface area contributed by atoms with E-state index in [9.17, 15) is 23.6 Å². The Morgan fingerprint density at radius 2 is 1.62 bits per heavy atom. The number of carbonyl (C=O) groups is 4. The fourth-order valence-electron chi connectivity index (χ4n) is 7.83. The molecular formula is C41H50FN9O5. The second kappa shape index (κ2) is 18.3. The van der Waals surface area contributed by atoms with Gasteiger partial charge in [-0.2, -0.15) is 5.21 Å². The molecule has 1 atom stereocenters. The third kappa shape index (κ3) is 10.3. The number of nitrogens with zero attached hydrogens (tertiary/aromatic N) is 4. The Kier molecular flexibility index (Phi) is 13.1. The number of aryl methyl sites for hydroxylation is 1. The van der Waals surface area contributed by atoms with Crippen LogP contribution in [-0.4, -0.2) is 93.2 Å². The highest BCUT2D eigenvalue weighted by Crippen LogP contribution is 2.30. The maximum Gasteiger partial charge on any atom is 0.404 e. The molecule has 0 saturated heterocycles. The van der Waals surface area contributed by atoms with Gasteiger partial charge >= 0.3 is 6.09 Å². The third-order valence-electron chi connectivity index (χ3n) is 11.2. The number of benzene rings is 3. The van der Waals surface area contributed by atoms with Crippen molar-refractivity contribution >= 4 is 29.5 Å². The Hall–Kier alpha value is -5.70. The topological polar surface area (TPSA) is 194 Å². The average molecular weight is 768 g/mol. The summed E-state index contributed by atoms with van der Waals surface area (Å²) in [6.45, 7) is 2.32. The number of halogens is 1. The molecule has 1 heterocycles. The van der Waals surface area contributed by atoms with E-state index < -0.39 is 23.9 Å². The van der Waals surface area contributed by atoms with Gasteiger partial charge in [-0.25, -0.2) is 9.18 Å². The summed E-state index contributed by atoms with van der Waals surface area (Å²) >= 11 is 0. The highest BCUT2D eigenvalue weighted by molar-refractivity contribution is 5.98. The molecule has 4 amide bonds. The van der Waals surface area contributed by atoms with E-state index in [0.29, 0.717) is 43.8 Å². The summed E-state index contributed by atoms with van der Waals surface area (Å²) < 4.78 is 15.0. The van der Waals surface area contributed by atoms with Crippen LogP contribution < -0.4 is 21.3 Å². The molecule has 0 bridgehead atoms. The van der Waals surface area contributed by atoms with Gasteiger partial charge in [0.1, 0.15) is 11.9 Å². The van der Waals surface area contributed by atoms with Crippen LogP contribution in [0.5, 0.6) is 0 Å². The van der Waals surface area contributed by atoms with Gasteiger partial charge in [0, 0.05) is 42.2 Å². The maximum atomic E-state index is 15.0. The fourth-order valence-corrected chi connectivity index (χ4v) is 7.83. The summed E-state index contributed by atoms with van der Waals surface area (Å²) in [7, 11) is 4.21. The van der Waals surface area contributed by atoms with E-state index in [2.05, 4.69) is 60.9 Å². The van der Waals surface area contributed by atoms with E-state index in [-0.39, 0.29) is 53.2 Å². The third-order valence-corrected chi connectivity index (χ3v) is 11.2. The van der Waals surface area contributed by atoms with Crippen LogP contribution in [0.2, 0.25) is 0 Å². The first-order valence-corrected chi connectivity index (χ1v) is 19.2. The van der Waals surface area contributed by atoms with Crippen molar-refractivity contribution in [3.8, 4) is 22.5 Å². The molecule has 2 saturated carbocycles. The predicted molar refractivity (Wildman–Crippen MR) is 209 cm³/mol. The van der Waals surface area contributed by atoms with Crippen LogP contribution in [0.15, 0.2) is 60.7 Å². The van der Waals surface area contributed by atoms with Crippen molar-refractivity contribution in [2.45, 2.75) is 82.8 Å². The number of carbonyl (C=O) groups excluding carboxylic acids is 3. The fraction of sp³-hybridized carbons (Fsp3) is 0.439. The summed E-state index contributed by atoms with van der Waals surface area (Å²) in [5, 5.41) is 33.7. The van der Waals surface area contributed by atoms with Crippen molar-refractivity contribution in [3.05, 3.63) is 83.2 Å². The van der Waals surface area contributed by atoms with E-state index in [0.717, 1.165) is 54.0 Å². The van der Waals surface area contributed by atoms with Gasteiger partial charge in [0.2, 0.25) is 17.6 Å². The molecule has 3 aromatic carbocycles. The molecule has 0 radical (unpaired) electrons. The molecule has 0 spiro atoms. The Labute approximate surface area is 325 Å². The Balaban J connectivity index is 1.12. The van der Waals surface area contributed by atoms with Crippen molar-refractivity contribution in [2.24, 2.45) is 11.8 Å². The van der Waals surface area contributed by atoms with Crippen molar-refractivity contribution in [1.82, 2.24) is 41.5 Å². The van der Waals surface area contributed by atoms with Crippen LogP contribution in [0.1, 0.15) is 72.9 Å². The SMILES string of the molecule is Cc1cc(C(=O)NC2CCC(N(C)C)CC2)ccc1-c1ccc(C[C@H](NC(=O)C2CCC(CNC(=O)O)CC2)C(=O)Nc2ccc(-c3nn[nH]n3)c(F)c2)cc1. The first-order chi connectivity index (χ1) is 26.9. The zero-order valence-electron chi connectivity index (χ0n) is 32.0. The summed E-state index contributed by atoms with van der Waals surface area (Å²) in [6, 6.07) is 17.3. The minimum atomic E-state index is -1.07. The number of hydrogen-bond acceptors (Lipinski definition) is 8. The Morgan fingerprint density at radius 3 is 2.25 bits per heavy atom. The Morgan fingerprint density at radius 1 is 0.911 bits per heavy atom. The number of anilines is 1. The minimum absolute atomic E-state index is 0.0661. The van der Waals surface area contributed by atoms with Gasteiger partial charge in [0.25, 0.3) is 5.91 Å². The molecule has 15 heteroatoms. The van der Waals surface area contributed by atoms with Gasteiger partial charge in [-0.05, 0) is 136 Å². The molecule has 0 aliphatic heterocycles. The first kappa shape index (κ1) is 40.0. The smallest absolute Gasteiger partial charge is 0.404 e. The zero-order valence-corrected chi connectivity index (χ0v) is 32.0. The van der Waals surface area contributed by atoms with Crippen LogP contribution in [0.3, 0.4) is 0 Å². The van der Waals surface area contributed by atoms with Crippen molar-refractivity contribution < 1.29 is 28.7 Å². The lowest BCUT2D eigenvalue weighted by Crippen LogP contribution is -2.48. The molecule has 0 unspecified atom stereocenters. The maximum absolute atomic E-state index is 15.0. The number of nitrogens with one attached hydrogen (secondary N) is 5. The lowest BCUT2D eigenvalue weighted by atomic mass is 9.81. The van der Waals surface area contributed by atoms with E-state index in [1.165, 1.54) is 12.1 Å². The highest BCUT2D eigenvalue weighted by Gasteiger charge is 2.30. The van der Waals surface area contributed by atoms with Crippen molar-refractivity contribution in [1.29, 1.82) is 0 Å². The molecule has 2 fully saturated rings. The number of amides is 4. The van der Waals surface area contributed by atoms with Gasteiger partial charge in [-0.3, -0.25) is 14.4 Å². The number of tetrazole rings is 1. The second-order valence-corrected chi connectivity index (χ2v) is 15.3. The number of aromatic nitrogens is 4. The summed E-state index contributed by atoms with van der Waals surface area (Å²) in [6.07, 6.45) is 5.68. The number of H-pyrrole nitrogens is 1. The van der Waals surface area contributed by atoms with Crippen molar-refractivity contribution in [3.63, 3.8) is 0 Å². The minimum Gasteiger partial charge on any atom is -0.465 e. The van der Waals surface area contributed by atoms with Gasteiger partial charge < -0.3 is 31.3 Å². The molecule has 6 N–H and O–H groups in total. The van der Waals surface area contributed by atoms with E-state index in [1.54, 1.807) is 0 Å². The van der Waals surface area contributed by atoms with Crippen LogP contribution >= 0.6 is 0 Å². The standard InChI is InChI=1S/C41H50FN9O5/c1-24-20-29(39(53)44-30-13-16-32(17-14-30)51(2)3)12-18-33(24)27-8-4-25(5-9-27)21-36(46-38(52)28-10-6-26(7-11-28)23-43-41(55)56)40(54)45-31-15-19-34(35(42)22-31)37-47-49-50-48-37/h4-5,8-9,12,15,18-20,22,26,28,30,32,36,43H,6-7,10-11,13-14,16-17,21,23H2,1-3H3,(H,44,53)(H,45,54)(H,46,52)(H,55,56)(H,47,48,49,50)/t26?,28?,30?,32?,36-/m0/s1. The van der Waals surface area contributed by atoms with Crippen LogP contribution in [0.25, 0.3) is 22.5 Å². The number of hydrogen-bond donors (Lipinski definition) is 6. The van der Waals surface area contributed by atoms with Crippen LogP contribution in [-0.2, 0) is 16.0 Å². The molecule has 4 aromatic rings. The monoisotopic (exact) mass is 767 g/mol. The molecule has 2 aliphatic rings. The number of carboxylic acid groups (broad SMARTS) is 1. The van der Waals surface area contributed by atoms with Crippen LogP contribution in [0.4, 0.5) is 14.9 Å². The lowest BCUT2D eigenvalue weighted by Gasteiger charge is -2.33. The Bertz CT molecular complexity index is 1990. The predicted octanol–water partition coefficient (Wildman–Crippen LogP) is 5.32. The summed E-state index contributed by atoms with van der Waals surface area (Å²) in [5.41, 5.74) is 4.61. The molecule has 2 aliphatic carbocycles. The van der Waals surface area contributed by atoms with Gasteiger partial charge in [-0.1, -0.05) is 30.3 Å². The van der Waals surface area contributed by atoms with E-state index in [1.807, 2.05) is 49.4 Å². The second-order valence-electron chi connectivity index (χ2n) is 15.3. The molecule has 6 rings (SSSR count). The lowest BCUT2D eigenvalue weighted by molar-refractivity contribution is -0.130. The summed E-state index contributed by atoms with van der Waals surface area (Å²) in [4.78, 5) is 53.6. The largest absolute Gasteiger partial charge is 0.465 e. The van der Waals surface area contributed by atoms with E-state index >= 15 is 0 Å². The highest BCUT2D eigenvalue weighted by atomic mass is 19.1. The van der Waals surface area contributed by atoms with Gasteiger partial charge in [0.05, 0.1) is 5.56 Å². The number of rotatable bonds is 13. The molecule has 296 valence electrons. The summed E-state index contributed by atoms with van der Waals surface area (Å²) in [5.74, 6) is -1.59. The molecule has 1 aromatic heterocycles.